The fourth-order valence-electron chi connectivity index (χ4n) is 15.6. The summed E-state index contributed by atoms with van der Waals surface area (Å²) in [6, 6.07) is 110. The van der Waals surface area contributed by atoms with Crippen molar-refractivity contribution in [1.29, 1.82) is 0 Å². The standard InChI is InChI=1S/C86H66BN5/c1-85(2,3)59-45-40-55(41-46-59)57-24-22-31-64(52-57)89-76-39-23-38-75-81(76)87(69-50-44-58(53-77(69)89)56-42-47-60(48-43-56)86(4,5)6)70-54-65(49-51-74(70)88(75)61-25-10-7-11-26-61)92-73-37-21-18-34-68(73)80-83-78(66-32-16-19-35-71(66)90(83)62-27-12-8-13-28-62)82-79(84(80)92)67-33-17-20-36-72(67)91(82)63-29-14-9-15-30-63/h7-54H,1-6H3. The van der Waals surface area contributed by atoms with Crippen LogP contribution in [0.2, 0.25) is 0 Å². The highest BCUT2D eigenvalue weighted by Gasteiger charge is 2.44. The average Bonchev–Trinajstić information content (AvgIpc) is 1.59. The SMILES string of the molecule is CC(C)(C)c1ccc(-c2cccc(N3c4cc(-c5ccc(C(C)(C)C)cc5)ccc4B4c5cc(-n6c7ccccc7c7c8c(c9ccccc9n8-c8ccccc8)c8c(c9ccccc9n8-c8ccccc8)c76)ccc5N(c5ccccc5)c5cccc3c54)c2)cc1. The normalized spacial score (nSPS) is 13.0. The molecule has 6 heteroatoms. The maximum Gasteiger partial charge on any atom is 0.252 e. The van der Waals surface area contributed by atoms with E-state index in [9.17, 15) is 0 Å². The quantitative estimate of drug-likeness (QED) is 0.148. The Morgan fingerprint density at radius 1 is 0.261 bits per heavy atom. The van der Waals surface area contributed by atoms with Crippen molar-refractivity contribution in [3.63, 3.8) is 0 Å². The van der Waals surface area contributed by atoms with E-state index in [0.717, 1.165) is 39.6 Å². The van der Waals surface area contributed by atoms with E-state index in [0.29, 0.717) is 0 Å². The summed E-state index contributed by atoms with van der Waals surface area (Å²) in [7, 11) is 0. The third-order valence-corrected chi connectivity index (χ3v) is 19.9. The minimum Gasteiger partial charge on any atom is -0.311 e. The average molecular weight is 1180 g/mol. The summed E-state index contributed by atoms with van der Waals surface area (Å²) >= 11 is 0. The van der Waals surface area contributed by atoms with Gasteiger partial charge in [0.15, 0.2) is 0 Å². The predicted octanol–water partition coefficient (Wildman–Crippen LogP) is 21.0. The molecule has 0 radical (unpaired) electrons. The molecule has 0 spiro atoms. The van der Waals surface area contributed by atoms with Gasteiger partial charge in [0.25, 0.3) is 6.71 Å². The van der Waals surface area contributed by atoms with Crippen molar-refractivity contribution in [2.75, 3.05) is 9.80 Å². The molecule has 0 amide bonds. The number of hydrogen-bond donors (Lipinski definition) is 0. The Morgan fingerprint density at radius 2 is 0.663 bits per heavy atom. The molecule has 5 nitrogen and oxygen atoms in total. The van der Waals surface area contributed by atoms with Gasteiger partial charge in [0, 0.05) is 83.5 Å². The van der Waals surface area contributed by atoms with Gasteiger partial charge >= 0.3 is 0 Å². The first kappa shape index (κ1) is 53.9. The van der Waals surface area contributed by atoms with Crippen LogP contribution in [0.5, 0.6) is 0 Å². The molecule has 2 aliphatic rings. The van der Waals surface area contributed by atoms with Crippen LogP contribution in [0.25, 0.3) is 105 Å². The van der Waals surface area contributed by atoms with Gasteiger partial charge in [-0.1, -0.05) is 230 Å². The summed E-state index contributed by atoms with van der Waals surface area (Å²) in [5, 5.41) is 7.32. The van der Waals surface area contributed by atoms with Crippen LogP contribution in [-0.2, 0) is 10.8 Å². The van der Waals surface area contributed by atoms with E-state index in [1.54, 1.807) is 0 Å². The molecule has 2 aliphatic heterocycles. The van der Waals surface area contributed by atoms with E-state index >= 15 is 0 Å². The topological polar surface area (TPSA) is 21.3 Å². The van der Waals surface area contributed by atoms with Crippen molar-refractivity contribution in [2.45, 2.75) is 52.4 Å². The fraction of sp³-hybridized carbons (Fsp3) is 0.0930. The molecule has 0 N–H and O–H groups in total. The van der Waals surface area contributed by atoms with E-state index in [1.807, 2.05) is 0 Å². The Balaban J connectivity index is 0.945. The smallest absolute Gasteiger partial charge is 0.252 e. The fourth-order valence-corrected chi connectivity index (χ4v) is 15.6. The van der Waals surface area contributed by atoms with Crippen LogP contribution in [0.1, 0.15) is 52.7 Å². The molecular formula is C86H66BN5. The van der Waals surface area contributed by atoms with Gasteiger partial charge in [-0.15, -0.1) is 0 Å². The largest absolute Gasteiger partial charge is 0.311 e. The number of hydrogen-bond acceptors (Lipinski definition) is 2. The van der Waals surface area contributed by atoms with Crippen LogP contribution in [-0.4, -0.2) is 20.4 Å². The summed E-state index contributed by atoms with van der Waals surface area (Å²) in [6.07, 6.45) is 0. The Morgan fingerprint density at radius 3 is 1.15 bits per heavy atom. The van der Waals surface area contributed by atoms with Gasteiger partial charge in [0.05, 0.1) is 33.1 Å². The van der Waals surface area contributed by atoms with Crippen molar-refractivity contribution < 1.29 is 0 Å². The number of nitrogens with zero attached hydrogens (tertiary/aromatic N) is 5. The monoisotopic (exact) mass is 1180 g/mol. The minimum absolute atomic E-state index is 0.0339. The lowest BCUT2D eigenvalue weighted by atomic mass is 9.33. The summed E-state index contributed by atoms with van der Waals surface area (Å²) in [5.41, 5.74) is 28.6. The van der Waals surface area contributed by atoms with Gasteiger partial charge in [-0.05, 0) is 164 Å². The lowest BCUT2D eigenvalue weighted by Crippen LogP contribution is -2.61. The molecule has 0 saturated heterocycles. The molecule has 92 heavy (non-hydrogen) atoms. The first-order valence-corrected chi connectivity index (χ1v) is 32.4. The van der Waals surface area contributed by atoms with Gasteiger partial charge < -0.3 is 23.5 Å². The highest BCUT2D eigenvalue weighted by atomic mass is 15.2. The number of benzene rings is 13. The van der Waals surface area contributed by atoms with Crippen LogP contribution >= 0.6 is 0 Å². The van der Waals surface area contributed by atoms with Gasteiger partial charge in [0.1, 0.15) is 0 Å². The van der Waals surface area contributed by atoms with Crippen LogP contribution < -0.4 is 26.2 Å². The molecule has 13 aromatic carbocycles. The van der Waals surface area contributed by atoms with Crippen molar-refractivity contribution in [3.8, 4) is 39.3 Å². The van der Waals surface area contributed by atoms with E-state index in [1.165, 1.54) is 127 Å². The van der Waals surface area contributed by atoms with E-state index in [-0.39, 0.29) is 17.5 Å². The van der Waals surface area contributed by atoms with Crippen LogP contribution in [0.4, 0.5) is 34.1 Å². The van der Waals surface area contributed by atoms with Crippen molar-refractivity contribution in [3.05, 3.63) is 302 Å². The van der Waals surface area contributed by atoms with Crippen LogP contribution in [0.3, 0.4) is 0 Å². The van der Waals surface area contributed by atoms with Crippen LogP contribution in [0.15, 0.2) is 291 Å². The van der Waals surface area contributed by atoms with E-state index in [2.05, 4.69) is 356 Å². The summed E-state index contributed by atoms with van der Waals surface area (Å²) in [4.78, 5) is 5.08. The molecule has 16 aromatic rings. The molecule has 438 valence electrons. The lowest BCUT2D eigenvalue weighted by Gasteiger charge is -2.44. The molecule has 0 unspecified atom stereocenters. The second-order valence-corrected chi connectivity index (χ2v) is 27.3. The summed E-state index contributed by atoms with van der Waals surface area (Å²) in [5.74, 6) is 0. The van der Waals surface area contributed by atoms with Gasteiger partial charge in [0.2, 0.25) is 0 Å². The predicted molar refractivity (Wildman–Crippen MR) is 392 cm³/mol. The zero-order valence-corrected chi connectivity index (χ0v) is 52.5. The first-order valence-electron chi connectivity index (χ1n) is 32.4. The zero-order chi connectivity index (χ0) is 61.7. The molecule has 3 aromatic heterocycles. The highest BCUT2D eigenvalue weighted by Crippen LogP contribution is 2.52. The second kappa shape index (κ2) is 20.2. The van der Waals surface area contributed by atoms with Crippen molar-refractivity contribution >= 4 is 123 Å². The number of para-hydroxylation sites is 6. The molecule has 5 heterocycles. The molecule has 0 saturated carbocycles. The Kier molecular flexibility index (Phi) is 11.8. The molecule has 0 atom stereocenters. The van der Waals surface area contributed by atoms with Gasteiger partial charge in [-0.3, -0.25) is 0 Å². The van der Waals surface area contributed by atoms with Gasteiger partial charge in [-0.25, -0.2) is 0 Å². The Labute approximate surface area is 537 Å². The highest BCUT2D eigenvalue weighted by molar-refractivity contribution is 7.00. The summed E-state index contributed by atoms with van der Waals surface area (Å²) < 4.78 is 7.70. The maximum absolute atomic E-state index is 2.62. The van der Waals surface area contributed by atoms with Crippen molar-refractivity contribution in [1.82, 2.24) is 13.7 Å². The summed E-state index contributed by atoms with van der Waals surface area (Å²) in [6.45, 7) is 13.6. The number of fused-ring (bicyclic) bond motifs is 16. The molecule has 0 fully saturated rings. The third kappa shape index (κ3) is 8.05. The third-order valence-electron chi connectivity index (χ3n) is 19.9. The number of anilines is 6. The first-order chi connectivity index (χ1) is 45.0. The number of rotatable bonds is 7. The van der Waals surface area contributed by atoms with Gasteiger partial charge in [-0.2, -0.15) is 0 Å². The molecular weight excluding hydrogens is 1110 g/mol. The Bertz CT molecular complexity index is 5570. The minimum atomic E-state index is -0.145. The molecule has 0 bridgehead atoms. The maximum atomic E-state index is 2.62. The Hall–Kier alpha value is -11.1. The second-order valence-electron chi connectivity index (χ2n) is 27.3. The molecule has 18 rings (SSSR count). The molecule has 0 aliphatic carbocycles. The van der Waals surface area contributed by atoms with Crippen LogP contribution in [0, 0.1) is 0 Å². The zero-order valence-electron chi connectivity index (χ0n) is 52.5. The van der Waals surface area contributed by atoms with E-state index in [4.69, 9.17) is 0 Å². The van der Waals surface area contributed by atoms with E-state index < -0.39 is 0 Å². The number of aromatic nitrogens is 3. The van der Waals surface area contributed by atoms with Crippen molar-refractivity contribution in [2.24, 2.45) is 0 Å². The lowest BCUT2D eigenvalue weighted by molar-refractivity contribution is 0.590.